The fourth-order valence-electron chi connectivity index (χ4n) is 1.35. The fourth-order valence-corrected chi connectivity index (χ4v) is 1.55. The molecule has 1 atom stereocenters. The van der Waals surface area contributed by atoms with Crippen molar-refractivity contribution in [3.8, 4) is 0 Å². The minimum atomic E-state index is 0.171. The molecule has 0 heterocycles. The van der Waals surface area contributed by atoms with Crippen LogP contribution in [0.3, 0.4) is 0 Å². The quantitative estimate of drug-likeness (QED) is 0.810. The summed E-state index contributed by atoms with van der Waals surface area (Å²) < 4.78 is 0. The van der Waals surface area contributed by atoms with Gasteiger partial charge in [-0.05, 0) is 30.5 Å². The van der Waals surface area contributed by atoms with E-state index < -0.39 is 0 Å². The van der Waals surface area contributed by atoms with E-state index in [-0.39, 0.29) is 12.6 Å². The van der Waals surface area contributed by atoms with E-state index in [2.05, 4.69) is 18.3 Å². The number of hydrogen-bond donors (Lipinski definition) is 2. The van der Waals surface area contributed by atoms with Gasteiger partial charge in [-0.15, -0.1) is 0 Å². The Morgan fingerprint density at radius 1 is 1.47 bits per heavy atom. The lowest BCUT2D eigenvalue weighted by Crippen LogP contribution is -2.31. The highest BCUT2D eigenvalue weighted by molar-refractivity contribution is 6.31. The number of halogens is 1. The van der Waals surface area contributed by atoms with Crippen LogP contribution in [-0.4, -0.2) is 17.8 Å². The predicted octanol–water partition coefficient (Wildman–Crippen LogP) is 2.51. The molecule has 2 N–H and O–H groups in total. The Kier molecular flexibility index (Phi) is 5.09. The number of hydrogen-bond acceptors (Lipinski definition) is 2. The summed E-state index contributed by atoms with van der Waals surface area (Å²) in [7, 11) is 0. The van der Waals surface area contributed by atoms with Crippen LogP contribution >= 0.6 is 11.6 Å². The maximum absolute atomic E-state index is 9.01. The van der Waals surface area contributed by atoms with Crippen molar-refractivity contribution in [3.05, 3.63) is 34.3 Å². The minimum absolute atomic E-state index is 0.171. The second-order valence-electron chi connectivity index (χ2n) is 3.75. The molecule has 84 valence electrons. The average Bonchev–Trinajstić information content (AvgIpc) is 2.24. The molecule has 0 radical (unpaired) electrons. The minimum Gasteiger partial charge on any atom is -0.395 e. The second kappa shape index (κ2) is 6.11. The Morgan fingerprint density at radius 2 is 2.20 bits per heavy atom. The fraction of sp³-hybridized carbons (Fsp3) is 0.500. The van der Waals surface area contributed by atoms with Gasteiger partial charge in [0.15, 0.2) is 0 Å². The van der Waals surface area contributed by atoms with Crippen molar-refractivity contribution in [2.75, 3.05) is 6.61 Å². The number of nitrogens with one attached hydrogen (secondary N) is 1. The Morgan fingerprint density at radius 3 is 2.73 bits per heavy atom. The molecule has 0 spiro atoms. The summed E-state index contributed by atoms with van der Waals surface area (Å²) >= 11 is 6.02. The number of benzene rings is 1. The molecule has 1 rings (SSSR count). The molecule has 0 bridgehead atoms. The Labute approximate surface area is 96.3 Å². The Bertz CT molecular complexity index is 310. The van der Waals surface area contributed by atoms with Gasteiger partial charge in [-0.3, -0.25) is 0 Å². The lowest BCUT2D eigenvalue weighted by atomic mass is 10.1. The van der Waals surface area contributed by atoms with Crippen LogP contribution in [0.1, 0.15) is 24.5 Å². The number of rotatable bonds is 5. The lowest BCUT2D eigenvalue weighted by Gasteiger charge is -2.14. The normalized spacial score (nSPS) is 12.8. The van der Waals surface area contributed by atoms with Crippen LogP contribution < -0.4 is 5.32 Å². The van der Waals surface area contributed by atoms with Crippen molar-refractivity contribution in [1.29, 1.82) is 0 Å². The Hall–Kier alpha value is -0.570. The maximum Gasteiger partial charge on any atom is 0.0584 e. The highest BCUT2D eigenvalue weighted by atomic mass is 35.5. The molecule has 1 aromatic carbocycles. The molecule has 0 saturated carbocycles. The molecule has 3 heteroatoms. The third-order valence-corrected chi connectivity index (χ3v) is 2.95. The van der Waals surface area contributed by atoms with Crippen molar-refractivity contribution in [2.24, 2.45) is 0 Å². The van der Waals surface area contributed by atoms with Gasteiger partial charge in [0.2, 0.25) is 0 Å². The van der Waals surface area contributed by atoms with E-state index in [0.717, 1.165) is 29.1 Å². The van der Waals surface area contributed by atoms with E-state index in [1.807, 2.05) is 19.1 Å². The van der Waals surface area contributed by atoms with Gasteiger partial charge in [0.25, 0.3) is 0 Å². The molecule has 15 heavy (non-hydrogen) atoms. The molecular formula is C12H18ClNO. The van der Waals surface area contributed by atoms with Gasteiger partial charge in [0.05, 0.1) is 6.61 Å². The van der Waals surface area contributed by atoms with Gasteiger partial charge in [0.1, 0.15) is 0 Å². The first-order valence-electron chi connectivity index (χ1n) is 5.26. The molecule has 0 aromatic heterocycles. The van der Waals surface area contributed by atoms with Gasteiger partial charge in [0, 0.05) is 17.6 Å². The summed E-state index contributed by atoms with van der Waals surface area (Å²) in [6.45, 7) is 4.97. The van der Waals surface area contributed by atoms with Gasteiger partial charge in [-0.1, -0.05) is 30.7 Å². The molecule has 0 aliphatic rings. The molecule has 0 saturated heterocycles. The summed E-state index contributed by atoms with van der Waals surface area (Å²) in [5.41, 5.74) is 2.24. The molecule has 0 unspecified atom stereocenters. The smallest absolute Gasteiger partial charge is 0.0584 e. The molecule has 0 aliphatic heterocycles. The first-order valence-corrected chi connectivity index (χ1v) is 5.64. The number of aryl methyl sites for hydroxylation is 1. The van der Waals surface area contributed by atoms with Gasteiger partial charge < -0.3 is 10.4 Å². The SMILES string of the molecule is CC[C@H](CO)NCc1ccc(C)c(Cl)c1. The van der Waals surface area contributed by atoms with E-state index in [0.29, 0.717) is 0 Å². The van der Waals surface area contributed by atoms with Gasteiger partial charge in [-0.2, -0.15) is 0 Å². The van der Waals surface area contributed by atoms with Crippen molar-refractivity contribution in [3.63, 3.8) is 0 Å². The van der Waals surface area contributed by atoms with E-state index in [9.17, 15) is 0 Å². The van der Waals surface area contributed by atoms with Crippen molar-refractivity contribution >= 4 is 11.6 Å². The summed E-state index contributed by atoms with van der Waals surface area (Å²) in [4.78, 5) is 0. The summed E-state index contributed by atoms with van der Waals surface area (Å²) in [5.74, 6) is 0. The first-order chi connectivity index (χ1) is 7.17. The third kappa shape index (κ3) is 3.82. The zero-order valence-electron chi connectivity index (χ0n) is 9.26. The van der Waals surface area contributed by atoms with Crippen molar-refractivity contribution in [2.45, 2.75) is 32.9 Å². The lowest BCUT2D eigenvalue weighted by molar-refractivity contribution is 0.238. The largest absolute Gasteiger partial charge is 0.395 e. The van der Waals surface area contributed by atoms with Crippen LogP contribution in [0.4, 0.5) is 0 Å². The van der Waals surface area contributed by atoms with Crippen molar-refractivity contribution < 1.29 is 5.11 Å². The highest BCUT2D eigenvalue weighted by Crippen LogP contribution is 2.16. The van der Waals surface area contributed by atoms with E-state index in [1.165, 1.54) is 0 Å². The molecule has 2 nitrogen and oxygen atoms in total. The number of aliphatic hydroxyl groups excluding tert-OH is 1. The Balaban J connectivity index is 2.54. The number of aliphatic hydroxyl groups is 1. The van der Waals surface area contributed by atoms with Crippen LogP contribution in [0.2, 0.25) is 5.02 Å². The third-order valence-electron chi connectivity index (χ3n) is 2.54. The van der Waals surface area contributed by atoms with E-state index in [1.54, 1.807) is 0 Å². The van der Waals surface area contributed by atoms with Crippen LogP contribution in [0, 0.1) is 6.92 Å². The van der Waals surface area contributed by atoms with Gasteiger partial charge in [-0.25, -0.2) is 0 Å². The van der Waals surface area contributed by atoms with Crippen LogP contribution in [0.15, 0.2) is 18.2 Å². The summed E-state index contributed by atoms with van der Waals surface area (Å²) in [6, 6.07) is 6.20. The predicted molar refractivity (Wildman–Crippen MR) is 64.2 cm³/mol. The first kappa shape index (κ1) is 12.5. The zero-order chi connectivity index (χ0) is 11.3. The summed E-state index contributed by atoms with van der Waals surface area (Å²) in [6.07, 6.45) is 0.927. The van der Waals surface area contributed by atoms with Gasteiger partial charge >= 0.3 is 0 Å². The average molecular weight is 228 g/mol. The zero-order valence-corrected chi connectivity index (χ0v) is 10.0. The molecule has 0 amide bonds. The molecule has 0 aliphatic carbocycles. The van der Waals surface area contributed by atoms with E-state index in [4.69, 9.17) is 16.7 Å². The van der Waals surface area contributed by atoms with E-state index >= 15 is 0 Å². The second-order valence-corrected chi connectivity index (χ2v) is 4.16. The topological polar surface area (TPSA) is 32.3 Å². The standard InChI is InChI=1S/C12H18ClNO/c1-3-11(8-15)14-7-10-5-4-9(2)12(13)6-10/h4-6,11,14-15H,3,7-8H2,1-2H3/t11-/m1/s1. The molecule has 0 fully saturated rings. The summed E-state index contributed by atoms with van der Waals surface area (Å²) in [5, 5.41) is 13.1. The monoisotopic (exact) mass is 227 g/mol. The van der Waals surface area contributed by atoms with Crippen LogP contribution in [0.5, 0.6) is 0 Å². The molecular weight excluding hydrogens is 210 g/mol. The van der Waals surface area contributed by atoms with Crippen molar-refractivity contribution in [1.82, 2.24) is 5.32 Å². The highest BCUT2D eigenvalue weighted by Gasteiger charge is 2.04. The maximum atomic E-state index is 9.01. The van der Waals surface area contributed by atoms with Crippen LogP contribution in [-0.2, 0) is 6.54 Å². The van der Waals surface area contributed by atoms with Crippen LogP contribution in [0.25, 0.3) is 0 Å². The molecule has 1 aromatic rings.